The summed E-state index contributed by atoms with van der Waals surface area (Å²) >= 11 is 0. The molecule has 11 heavy (non-hydrogen) atoms. The third kappa shape index (κ3) is 0.873. The molecule has 2 aliphatic rings. The first kappa shape index (κ1) is 7.36. The van der Waals surface area contributed by atoms with Gasteiger partial charge in [-0.25, -0.2) is 0 Å². The monoisotopic (exact) mass is 168 g/mol. The van der Waals surface area contributed by atoms with Crippen LogP contribution in [-0.2, 0) is 4.74 Å². The summed E-state index contributed by atoms with van der Waals surface area (Å²) in [4.78, 5) is 0. The quantitative estimate of drug-likeness (QED) is 0.593. The van der Waals surface area contributed by atoms with Gasteiger partial charge in [0.05, 0.1) is 5.41 Å². The van der Waals surface area contributed by atoms with E-state index in [1.54, 1.807) is 0 Å². The first-order chi connectivity index (χ1) is 4.97. The van der Waals surface area contributed by atoms with Crippen molar-refractivity contribution in [3.63, 3.8) is 0 Å². The third-order valence-corrected chi connectivity index (χ3v) is 2.37. The highest BCUT2D eigenvalue weighted by molar-refractivity contribution is 5.10. The van der Waals surface area contributed by atoms with Crippen LogP contribution in [0.4, 0.5) is 13.2 Å². The molecule has 1 aliphatic heterocycles. The lowest BCUT2D eigenvalue weighted by Crippen LogP contribution is -2.30. The molecule has 2 rings (SSSR count). The van der Waals surface area contributed by atoms with E-state index in [4.69, 9.17) is 5.11 Å². The molecule has 0 radical (unpaired) electrons. The van der Waals surface area contributed by atoms with Crippen molar-refractivity contribution < 1.29 is 23.0 Å². The van der Waals surface area contributed by atoms with Crippen LogP contribution in [0.25, 0.3) is 0 Å². The largest absolute Gasteiger partial charge is 0.397 e. The molecule has 1 saturated carbocycles. The number of alkyl halides is 3. The minimum absolute atomic E-state index is 0.0955. The highest BCUT2D eigenvalue weighted by Gasteiger charge is 2.74. The van der Waals surface area contributed by atoms with Gasteiger partial charge in [0, 0.05) is 0 Å². The number of ether oxygens (including phenoxy) is 1. The van der Waals surface area contributed by atoms with E-state index in [2.05, 4.69) is 4.74 Å². The van der Waals surface area contributed by atoms with Gasteiger partial charge in [0.1, 0.15) is 6.10 Å². The van der Waals surface area contributed by atoms with Gasteiger partial charge in [0.25, 0.3) is 0 Å². The second kappa shape index (κ2) is 1.72. The molecule has 1 aliphatic carbocycles. The number of rotatable bonds is 1. The second-order valence-corrected chi connectivity index (χ2v) is 3.10. The van der Waals surface area contributed by atoms with Crippen LogP contribution >= 0.6 is 0 Å². The number of halogens is 3. The van der Waals surface area contributed by atoms with Gasteiger partial charge in [-0.1, -0.05) is 0 Å². The molecular formula is C6H7F3O2. The molecule has 5 heteroatoms. The van der Waals surface area contributed by atoms with Gasteiger partial charge in [-0.2, -0.15) is 13.2 Å². The molecule has 1 saturated heterocycles. The lowest BCUT2D eigenvalue weighted by molar-refractivity contribution is -0.192. The summed E-state index contributed by atoms with van der Waals surface area (Å²) in [5, 5.41) is 8.64. The van der Waals surface area contributed by atoms with E-state index in [0.717, 1.165) is 0 Å². The van der Waals surface area contributed by atoms with Crippen molar-refractivity contribution in [1.29, 1.82) is 0 Å². The maximum atomic E-state index is 12.2. The Morgan fingerprint density at radius 3 is 1.91 bits per heavy atom. The molecule has 64 valence electrons. The summed E-state index contributed by atoms with van der Waals surface area (Å²) in [6, 6.07) is 0. The van der Waals surface area contributed by atoms with Crippen molar-refractivity contribution in [3.8, 4) is 0 Å². The van der Waals surface area contributed by atoms with E-state index in [0.29, 0.717) is 0 Å². The Balaban J connectivity index is 2.11. The third-order valence-electron chi connectivity index (χ3n) is 2.37. The van der Waals surface area contributed by atoms with Crippen LogP contribution in [0.15, 0.2) is 0 Å². The average molecular weight is 168 g/mol. The van der Waals surface area contributed by atoms with Gasteiger partial charge in [-0.15, -0.1) is 0 Å². The van der Waals surface area contributed by atoms with Crippen LogP contribution in [0.2, 0.25) is 0 Å². The van der Waals surface area contributed by atoms with Crippen LogP contribution < -0.4 is 0 Å². The zero-order valence-electron chi connectivity index (χ0n) is 5.56. The number of aliphatic hydroxyl groups is 1. The normalized spacial score (nSPS) is 40.4. The summed E-state index contributed by atoms with van der Waals surface area (Å²) in [5.74, 6) is 0. The fraction of sp³-hybridized carbons (Fsp3) is 1.00. The van der Waals surface area contributed by atoms with Crippen molar-refractivity contribution in [1.82, 2.24) is 0 Å². The van der Waals surface area contributed by atoms with E-state index >= 15 is 0 Å². The average Bonchev–Trinajstić information content (AvgIpc) is 2.54. The molecule has 1 heterocycles. The molecule has 0 aromatic rings. The van der Waals surface area contributed by atoms with E-state index in [1.165, 1.54) is 0 Å². The number of epoxide rings is 1. The first-order valence-corrected chi connectivity index (χ1v) is 3.38. The minimum atomic E-state index is -4.21. The molecule has 0 aromatic heterocycles. The van der Waals surface area contributed by atoms with Crippen LogP contribution in [-0.4, -0.2) is 23.7 Å². The Bertz CT molecular complexity index is 185. The SMILES string of the molecule is OC1OC1C1(C(F)(F)F)CC1. The molecule has 2 atom stereocenters. The van der Waals surface area contributed by atoms with Crippen molar-refractivity contribution >= 4 is 0 Å². The van der Waals surface area contributed by atoms with E-state index in [-0.39, 0.29) is 12.8 Å². The zero-order valence-corrected chi connectivity index (χ0v) is 5.56. The summed E-state index contributed by atoms with van der Waals surface area (Å²) in [7, 11) is 0. The molecule has 2 unspecified atom stereocenters. The Labute approximate surface area is 61.0 Å². The standard InChI is InChI=1S/C6H7F3O2/c7-6(8,9)5(1-2-5)3-4(10)11-3/h3-4,10H,1-2H2. The lowest BCUT2D eigenvalue weighted by Gasteiger charge is -2.15. The van der Waals surface area contributed by atoms with Crippen molar-refractivity contribution in [3.05, 3.63) is 0 Å². The fourth-order valence-electron chi connectivity index (χ4n) is 1.37. The highest BCUT2D eigenvalue weighted by Crippen LogP contribution is 2.64. The molecule has 0 spiro atoms. The zero-order chi connectivity index (χ0) is 8.28. The highest BCUT2D eigenvalue weighted by atomic mass is 19.4. The maximum absolute atomic E-state index is 12.2. The smallest absolute Gasteiger partial charge is 0.366 e. The Morgan fingerprint density at radius 1 is 1.36 bits per heavy atom. The lowest BCUT2D eigenvalue weighted by atomic mass is 10.0. The Morgan fingerprint density at radius 2 is 1.82 bits per heavy atom. The van der Waals surface area contributed by atoms with Gasteiger partial charge < -0.3 is 9.84 Å². The molecule has 2 fully saturated rings. The number of aliphatic hydroxyl groups excluding tert-OH is 1. The van der Waals surface area contributed by atoms with Crippen LogP contribution in [0.5, 0.6) is 0 Å². The molecule has 1 N–H and O–H groups in total. The molecule has 0 aromatic carbocycles. The summed E-state index contributed by atoms with van der Waals surface area (Å²) in [6.45, 7) is 0. The second-order valence-electron chi connectivity index (χ2n) is 3.10. The van der Waals surface area contributed by atoms with Gasteiger partial charge >= 0.3 is 6.18 Å². The molecule has 0 bridgehead atoms. The van der Waals surface area contributed by atoms with Crippen molar-refractivity contribution in [2.75, 3.05) is 0 Å². The number of hydrogen-bond donors (Lipinski definition) is 1. The Kier molecular flexibility index (Phi) is 1.15. The van der Waals surface area contributed by atoms with Gasteiger partial charge in [-0.05, 0) is 12.8 Å². The Hall–Kier alpha value is -0.290. The van der Waals surface area contributed by atoms with E-state index in [1.807, 2.05) is 0 Å². The van der Waals surface area contributed by atoms with E-state index < -0.39 is 24.0 Å². The van der Waals surface area contributed by atoms with Crippen LogP contribution in [0, 0.1) is 5.41 Å². The summed E-state index contributed by atoms with van der Waals surface area (Å²) in [6.07, 6.45) is -6.19. The number of hydrogen-bond acceptors (Lipinski definition) is 2. The van der Waals surface area contributed by atoms with Gasteiger partial charge in [0.15, 0.2) is 6.29 Å². The van der Waals surface area contributed by atoms with Crippen molar-refractivity contribution in [2.24, 2.45) is 5.41 Å². The van der Waals surface area contributed by atoms with Crippen LogP contribution in [0.3, 0.4) is 0 Å². The molecular weight excluding hydrogens is 161 g/mol. The predicted molar refractivity (Wildman–Crippen MR) is 28.6 cm³/mol. The molecule has 0 amide bonds. The maximum Gasteiger partial charge on any atom is 0.397 e. The van der Waals surface area contributed by atoms with Crippen LogP contribution in [0.1, 0.15) is 12.8 Å². The predicted octanol–water partition coefficient (Wildman–Crippen LogP) is 1.05. The molecule has 2 nitrogen and oxygen atoms in total. The van der Waals surface area contributed by atoms with Gasteiger partial charge in [-0.3, -0.25) is 0 Å². The van der Waals surface area contributed by atoms with Crippen molar-refractivity contribution in [2.45, 2.75) is 31.4 Å². The summed E-state index contributed by atoms with van der Waals surface area (Å²) in [5.41, 5.74) is -1.70. The van der Waals surface area contributed by atoms with E-state index in [9.17, 15) is 13.2 Å². The van der Waals surface area contributed by atoms with Gasteiger partial charge in [0.2, 0.25) is 0 Å². The summed E-state index contributed by atoms with van der Waals surface area (Å²) < 4.78 is 40.9. The fourth-order valence-corrected chi connectivity index (χ4v) is 1.37. The first-order valence-electron chi connectivity index (χ1n) is 3.38. The minimum Gasteiger partial charge on any atom is -0.366 e. The topological polar surface area (TPSA) is 32.8 Å².